The summed E-state index contributed by atoms with van der Waals surface area (Å²) < 4.78 is 1.84. The van der Waals surface area contributed by atoms with E-state index in [1.807, 2.05) is 10.9 Å². The molecule has 0 amide bonds. The zero-order valence-corrected chi connectivity index (χ0v) is 8.54. The Kier molecular flexibility index (Phi) is 3.31. The Morgan fingerprint density at radius 3 is 2.77 bits per heavy atom. The van der Waals surface area contributed by atoms with Crippen LogP contribution in [0.25, 0.3) is 0 Å². The van der Waals surface area contributed by atoms with Crippen LogP contribution in [0.4, 0.5) is 5.82 Å². The maximum Gasteiger partial charge on any atom is 0.126 e. The molecule has 1 aromatic heterocycles. The molecule has 0 radical (unpaired) electrons. The van der Waals surface area contributed by atoms with Crippen LogP contribution in [-0.2, 0) is 6.54 Å². The van der Waals surface area contributed by atoms with Crippen LogP contribution in [0.5, 0.6) is 0 Å². The fourth-order valence-corrected chi connectivity index (χ4v) is 1.21. The van der Waals surface area contributed by atoms with Crippen molar-refractivity contribution in [1.29, 1.82) is 0 Å². The Labute approximate surface area is 79.1 Å². The summed E-state index contributed by atoms with van der Waals surface area (Å²) in [5.41, 5.74) is 6.98. The van der Waals surface area contributed by atoms with Gasteiger partial charge in [0.2, 0.25) is 0 Å². The number of hydrogen-bond donors (Lipinski definition) is 2. The van der Waals surface area contributed by atoms with E-state index in [0.29, 0.717) is 6.04 Å². The lowest BCUT2D eigenvalue weighted by atomic mass is 10.3. The van der Waals surface area contributed by atoms with Crippen LogP contribution in [0.2, 0.25) is 0 Å². The van der Waals surface area contributed by atoms with E-state index in [9.17, 15) is 0 Å². The van der Waals surface area contributed by atoms with Crippen molar-refractivity contribution in [1.82, 2.24) is 15.1 Å². The van der Waals surface area contributed by atoms with Crippen LogP contribution in [0.1, 0.15) is 32.4 Å². The van der Waals surface area contributed by atoms with Gasteiger partial charge in [0.05, 0.1) is 6.20 Å². The van der Waals surface area contributed by atoms with Crippen LogP contribution in [-0.4, -0.2) is 16.3 Å². The van der Waals surface area contributed by atoms with Gasteiger partial charge in [-0.2, -0.15) is 5.10 Å². The van der Waals surface area contributed by atoms with Crippen molar-refractivity contribution >= 4 is 5.82 Å². The van der Waals surface area contributed by atoms with Gasteiger partial charge < -0.3 is 11.1 Å². The molecule has 0 saturated heterocycles. The highest BCUT2D eigenvalue weighted by molar-refractivity contribution is 5.38. The third-order valence-electron chi connectivity index (χ3n) is 1.97. The molecule has 4 heteroatoms. The molecule has 0 aliphatic rings. The molecule has 74 valence electrons. The second kappa shape index (κ2) is 4.28. The van der Waals surface area contributed by atoms with Crippen LogP contribution in [0.3, 0.4) is 0 Å². The summed E-state index contributed by atoms with van der Waals surface area (Å²) in [6, 6.07) is 0.329. The Bertz CT molecular complexity index is 265. The summed E-state index contributed by atoms with van der Waals surface area (Å²) in [6.07, 6.45) is 1.83. The fourth-order valence-electron chi connectivity index (χ4n) is 1.21. The minimum Gasteiger partial charge on any atom is -0.384 e. The van der Waals surface area contributed by atoms with Crippen molar-refractivity contribution < 1.29 is 0 Å². The molecule has 0 aromatic carbocycles. The molecule has 1 aromatic rings. The van der Waals surface area contributed by atoms with Crippen LogP contribution in [0, 0.1) is 0 Å². The SMILES string of the molecule is CCNCc1cnn(C(C)C)c1N. The lowest BCUT2D eigenvalue weighted by Crippen LogP contribution is -2.13. The maximum atomic E-state index is 5.91. The summed E-state index contributed by atoms with van der Waals surface area (Å²) >= 11 is 0. The monoisotopic (exact) mass is 182 g/mol. The Hall–Kier alpha value is -1.03. The molecule has 0 unspecified atom stereocenters. The molecule has 13 heavy (non-hydrogen) atoms. The molecule has 0 aliphatic carbocycles. The smallest absolute Gasteiger partial charge is 0.126 e. The largest absolute Gasteiger partial charge is 0.384 e. The Morgan fingerprint density at radius 1 is 1.62 bits per heavy atom. The highest BCUT2D eigenvalue weighted by Crippen LogP contribution is 2.15. The van der Waals surface area contributed by atoms with Crippen molar-refractivity contribution in [3.63, 3.8) is 0 Å². The van der Waals surface area contributed by atoms with E-state index in [1.54, 1.807) is 0 Å². The summed E-state index contributed by atoms with van der Waals surface area (Å²) in [5, 5.41) is 7.44. The molecular formula is C9H18N4. The first-order valence-corrected chi connectivity index (χ1v) is 4.69. The second-order valence-corrected chi connectivity index (χ2v) is 3.37. The number of aromatic nitrogens is 2. The maximum absolute atomic E-state index is 5.91. The molecule has 0 saturated carbocycles. The third kappa shape index (κ3) is 2.21. The van der Waals surface area contributed by atoms with Gasteiger partial charge in [0.25, 0.3) is 0 Å². The standard InChI is InChI=1S/C9H18N4/c1-4-11-5-8-6-12-13(7(2)3)9(8)10/h6-7,11H,4-5,10H2,1-3H3. The first-order chi connectivity index (χ1) is 6.16. The zero-order valence-electron chi connectivity index (χ0n) is 8.54. The highest BCUT2D eigenvalue weighted by Gasteiger charge is 2.08. The van der Waals surface area contributed by atoms with E-state index in [2.05, 4.69) is 31.2 Å². The molecule has 1 heterocycles. The van der Waals surface area contributed by atoms with Crippen molar-refractivity contribution in [3.8, 4) is 0 Å². The average molecular weight is 182 g/mol. The number of hydrogen-bond acceptors (Lipinski definition) is 3. The van der Waals surface area contributed by atoms with E-state index in [1.165, 1.54) is 0 Å². The van der Waals surface area contributed by atoms with E-state index in [-0.39, 0.29) is 0 Å². The molecule has 0 fully saturated rings. The van der Waals surface area contributed by atoms with E-state index >= 15 is 0 Å². The minimum absolute atomic E-state index is 0.329. The molecule has 4 nitrogen and oxygen atoms in total. The zero-order chi connectivity index (χ0) is 9.84. The quantitative estimate of drug-likeness (QED) is 0.734. The number of nitrogen functional groups attached to an aromatic ring is 1. The van der Waals surface area contributed by atoms with E-state index in [0.717, 1.165) is 24.5 Å². The van der Waals surface area contributed by atoms with Crippen molar-refractivity contribution in [2.75, 3.05) is 12.3 Å². The van der Waals surface area contributed by atoms with Crippen LogP contribution in [0.15, 0.2) is 6.20 Å². The lowest BCUT2D eigenvalue weighted by molar-refractivity contribution is 0.540. The van der Waals surface area contributed by atoms with Gasteiger partial charge in [-0.15, -0.1) is 0 Å². The first kappa shape index (κ1) is 10.1. The summed E-state index contributed by atoms with van der Waals surface area (Å²) in [5.74, 6) is 0.774. The number of anilines is 1. The number of nitrogens with two attached hydrogens (primary N) is 1. The average Bonchev–Trinajstić information content (AvgIpc) is 2.43. The summed E-state index contributed by atoms with van der Waals surface area (Å²) in [4.78, 5) is 0. The topological polar surface area (TPSA) is 55.9 Å². The van der Waals surface area contributed by atoms with Crippen molar-refractivity contribution in [3.05, 3.63) is 11.8 Å². The predicted octanol–water partition coefficient (Wildman–Crippen LogP) is 1.16. The minimum atomic E-state index is 0.329. The van der Waals surface area contributed by atoms with Gasteiger partial charge in [0.1, 0.15) is 5.82 Å². The second-order valence-electron chi connectivity index (χ2n) is 3.37. The molecular weight excluding hydrogens is 164 g/mol. The lowest BCUT2D eigenvalue weighted by Gasteiger charge is -2.08. The highest BCUT2D eigenvalue weighted by atomic mass is 15.3. The van der Waals surface area contributed by atoms with Gasteiger partial charge in [-0.1, -0.05) is 6.92 Å². The van der Waals surface area contributed by atoms with Crippen molar-refractivity contribution in [2.45, 2.75) is 33.4 Å². The van der Waals surface area contributed by atoms with Crippen LogP contribution >= 0.6 is 0 Å². The molecule has 0 bridgehead atoms. The molecule has 0 aliphatic heterocycles. The number of nitrogens with zero attached hydrogens (tertiary/aromatic N) is 2. The molecule has 3 N–H and O–H groups in total. The van der Waals surface area contributed by atoms with Crippen molar-refractivity contribution in [2.24, 2.45) is 0 Å². The molecule has 0 spiro atoms. The number of rotatable bonds is 4. The first-order valence-electron chi connectivity index (χ1n) is 4.69. The summed E-state index contributed by atoms with van der Waals surface area (Å²) in [6.45, 7) is 7.96. The van der Waals surface area contributed by atoms with Gasteiger partial charge in [-0.25, -0.2) is 4.68 Å². The van der Waals surface area contributed by atoms with Gasteiger partial charge in [-0.3, -0.25) is 0 Å². The van der Waals surface area contributed by atoms with E-state index in [4.69, 9.17) is 5.73 Å². The Morgan fingerprint density at radius 2 is 2.31 bits per heavy atom. The molecule has 0 atom stereocenters. The van der Waals surface area contributed by atoms with Gasteiger partial charge >= 0.3 is 0 Å². The van der Waals surface area contributed by atoms with Gasteiger partial charge in [0, 0.05) is 18.2 Å². The van der Waals surface area contributed by atoms with Gasteiger partial charge in [-0.05, 0) is 20.4 Å². The normalized spacial score (nSPS) is 11.1. The van der Waals surface area contributed by atoms with Gasteiger partial charge in [0.15, 0.2) is 0 Å². The predicted molar refractivity (Wildman–Crippen MR) is 54.4 cm³/mol. The third-order valence-corrected chi connectivity index (χ3v) is 1.97. The van der Waals surface area contributed by atoms with E-state index < -0.39 is 0 Å². The summed E-state index contributed by atoms with van der Waals surface area (Å²) in [7, 11) is 0. The van der Waals surface area contributed by atoms with Crippen LogP contribution < -0.4 is 11.1 Å². The Balaban J connectivity index is 2.74. The fraction of sp³-hybridized carbons (Fsp3) is 0.667. The molecule has 1 rings (SSSR count). The number of nitrogens with one attached hydrogen (secondary N) is 1.